The van der Waals surface area contributed by atoms with E-state index in [0.717, 1.165) is 6.42 Å². The normalized spacial score (nSPS) is 14.7. The molecule has 1 aliphatic rings. The second-order valence-corrected chi connectivity index (χ2v) is 4.63. The summed E-state index contributed by atoms with van der Waals surface area (Å²) in [5.74, 6) is -1.15. The van der Waals surface area contributed by atoms with Crippen molar-refractivity contribution in [2.45, 2.75) is 39.7 Å². The van der Waals surface area contributed by atoms with Crippen molar-refractivity contribution < 1.29 is 15.0 Å². The van der Waals surface area contributed by atoms with E-state index in [-0.39, 0.29) is 6.42 Å². The number of hydrogen-bond donors (Lipinski definition) is 3. The Bertz CT molecular complexity index is 447. The van der Waals surface area contributed by atoms with Crippen molar-refractivity contribution >= 4 is 11.7 Å². The van der Waals surface area contributed by atoms with E-state index in [4.69, 9.17) is 10.2 Å². The highest BCUT2D eigenvalue weighted by Gasteiger charge is 2.10. The van der Waals surface area contributed by atoms with Crippen LogP contribution in [0.1, 0.15) is 32.8 Å². The van der Waals surface area contributed by atoms with Gasteiger partial charge in [0.1, 0.15) is 0 Å². The summed E-state index contributed by atoms with van der Waals surface area (Å²) in [5, 5.41) is 19.7. The van der Waals surface area contributed by atoms with Crippen molar-refractivity contribution in [2.75, 3.05) is 5.32 Å². The number of para-hydroxylation sites is 1. The first kappa shape index (κ1) is 15.2. The molecule has 0 aliphatic carbocycles. The molecule has 1 aromatic carbocycles. The predicted octanol–water partition coefficient (Wildman–Crippen LogP) is 2.79. The third kappa shape index (κ3) is 4.41. The van der Waals surface area contributed by atoms with Gasteiger partial charge in [0.15, 0.2) is 6.10 Å². The standard InChI is InChI=1S/C11H13N.C4H8O3/c1-8-7-10-5-3-4-6-11(10)12-9(8)2;1-2-3(5)4(6)7/h3-6,12H,7H2,1-2H3;3,5H,2H2,1H3,(H,6,7). The van der Waals surface area contributed by atoms with Gasteiger partial charge in [-0.25, -0.2) is 4.79 Å². The smallest absolute Gasteiger partial charge is 0.332 e. The second kappa shape index (κ2) is 6.95. The molecule has 1 aromatic rings. The van der Waals surface area contributed by atoms with Gasteiger partial charge in [0, 0.05) is 11.4 Å². The number of hydrogen-bond acceptors (Lipinski definition) is 3. The van der Waals surface area contributed by atoms with Crippen molar-refractivity contribution in [3.8, 4) is 0 Å². The van der Waals surface area contributed by atoms with Gasteiger partial charge in [-0.05, 0) is 43.9 Å². The number of carboxylic acid groups (broad SMARTS) is 1. The van der Waals surface area contributed by atoms with Crippen molar-refractivity contribution in [2.24, 2.45) is 0 Å². The number of anilines is 1. The zero-order chi connectivity index (χ0) is 14.4. The van der Waals surface area contributed by atoms with Crippen LogP contribution in [0.25, 0.3) is 0 Å². The molecule has 1 unspecified atom stereocenters. The molecule has 0 aromatic heterocycles. The van der Waals surface area contributed by atoms with Gasteiger partial charge in [-0.3, -0.25) is 0 Å². The highest BCUT2D eigenvalue weighted by molar-refractivity contribution is 5.71. The fraction of sp³-hybridized carbons (Fsp3) is 0.400. The van der Waals surface area contributed by atoms with Crippen LogP contribution >= 0.6 is 0 Å². The van der Waals surface area contributed by atoms with Crippen LogP contribution < -0.4 is 5.32 Å². The lowest BCUT2D eigenvalue weighted by Gasteiger charge is -2.20. The first-order valence-electron chi connectivity index (χ1n) is 6.37. The van der Waals surface area contributed by atoms with Gasteiger partial charge in [-0.2, -0.15) is 0 Å². The third-order valence-corrected chi connectivity index (χ3v) is 3.11. The fourth-order valence-corrected chi connectivity index (χ4v) is 1.70. The number of rotatable bonds is 2. The lowest BCUT2D eigenvalue weighted by Crippen LogP contribution is -2.17. The molecule has 0 bridgehead atoms. The summed E-state index contributed by atoms with van der Waals surface area (Å²) in [7, 11) is 0. The van der Waals surface area contributed by atoms with E-state index in [1.807, 2.05) is 0 Å². The van der Waals surface area contributed by atoms with Crippen LogP contribution in [0.3, 0.4) is 0 Å². The number of aliphatic hydroxyl groups excluding tert-OH is 1. The minimum absolute atomic E-state index is 0.273. The van der Waals surface area contributed by atoms with Crippen LogP contribution in [0.5, 0.6) is 0 Å². The van der Waals surface area contributed by atoms with Gasteiger partial charge in [0.05, 0.1) is 0 Å². The number of carbonyl (C=O) groups is 1. The maximum absolute atomic E-state index is 9.68. The monoisotopic (exact) mass is 263 g/mol. The Hall–Kier alpha value is -1.81. The molecule has 0 fully saturated rings. The van der Waals surface area contributed by atoms with Crippen LogP contribution in [0, 0.1) is 0 Å². The summed E-state index contributed by atoms with van der Waals surface area (Å²) in [6.07, 6.45) is 0.185. The molecule has 0 saturated heterocycles. The topological polar surface area (TPSA) is 69.6 Å². The van der Waals surface area contributed by atoms with Gasteiger partial charge >= 0.3 is 5.97 Å². The molecule has 0 spiro atoms. The quantitative estimate of drug-likeness (QED) is 0.767. The van der Waals surface area contributed by atoms with Crippen LogP contribution in [-0.2, 0) is 11.2 Å². The maximum Gasteiger partial charge on any atom is 0.332 e. The highest BCUT2D eigenvalue weighted by Crippen LogP contribution is 2.26. The minimum atomic E-state index is -1.18. The second-order valence-electron chi connectivity index (χ2n) is 4.63. The van der Waals surface area contributed by atoms with E-state index in [2.05, 4.69) is 43.4 Å². The number of benzene rings is 1. The number of carboxylic acids is 1. The Morgan fingerprint density at radius 2 is 2.00 bits per heavy atom. The molecule has 1 aliphatic heterocycles. The molecule has 19 heavy (non-hydrogen) atoms. The number of aliphatic hydroxyl groups is 1. The van der Waals surface area contributed by atoms with Gasteiger partial charge in [-0.1, -0.05) is 25.1 Å². The van der Waals surface area contributed by atoms with Gasteiger partial charge < -0.3 is 15.5 Å². The Morgan fingerprint density at radius 3 is 2.53 bits per heavy atom. The van der Waals surface area contributed by atoms with Gasteiger partial charge in [-0.15, -0.1) is 0 Å². The molecule has 1 heterocycles. The number of allylic oxidation sites excluding steroid dienone is 2. The molecule has 104 valence electrons. The SMILES string of the molecule is CC1=C(C)Nc2ccccc2C1.CCC(O)C(=O)O. The third-order valence-electron chi connectivity index (χ3n) is 3.11. The van der Waals surface area contributed by atoms with E-state index < -0.39 is 12.1 Å². The van der Waals surface area contributed by atoms with Gasteiger partial charge in [0.25, 0.3) is 0 Å². The Kier molecular flexibility index (Phi) is 5.57. The summed E-state index contributed by atoms with van der Waals surface area (Å²) in [6, 6.07) is 8.47. The van der Waals surface area contributed by atoms with Crippen LogP contribution in [0.2, 0.25) is 0 Å². The Balaban J connectivity index is 0.000000224. The average molecular weight is 263 g/mol. The zero-order valence-electron chi connectivity index (χ0n) is 11.6. The summed E-state index contributed by atoms with van der Waals surface area (Å²) < 4.78 is 0. The molecule has 3 N–H and O–H groups in total. The molecule has 0 saturated carbocycles. The van der Waals surface area contributed by atoms with Crippen molar-refractivity contribution in [1.29, 1.82) is 0 Å². The van der Waals surface area contributed by atoms with Gasteiger partial charge in [0.2, 0.25) is 0 Å². The van der Waals surface area contributed by atoms with Crippen LogP contribution in [0.15, 0.2) is 35.5 Å². The average Bonchev–Trinajstić information content (AvgIpc) is 2.39. The highest BCUT2D eigenvalue weighted by atomic mass is 16.4. The van der Waals surface area contributed by atoms with Crippen molar-refractivity contribution in [3.63, 3.8) is 0 Å². The number of fused-ring (bicyclic) bond motifs is 1. The van der Waals surface area contributed by atoms with E-state index >= 15 is 0 Å². The number of nitrogens with one attached hydrogen (secondary N) is 1. The predicted molar refractivity (Wildman–Crippen MR) is 76.1 cm³/mol. The van der Waals surface area contributed by atoms with Crippen LogP contribution in [0.4, 0.5) is 5.69 Å². The van der Waals surface area contributed by atoms with E-state index in [1.54, 1.807) is 6.92 Å². The molecular weight excluding hydrogens is 242 g/mol. The van der Waals surface area contributed by atoms with Crippen molar-refractivity contribution in [3.05, 3.63) is 41.1 Å². The molecular formula is C15H21NO3. The molecule has 4 nitrogen and oxygen atoms in total. The summed E-state index contributed by atoms with van der Waals surface area (Å²) in [6.45, 7) is 5.92. The molecule has 0 amide bonds. The lowest BCUT2D eigenvalue weighted by molar-refractivity contribution is -0.146. The summed E-state index contributed by atoms with van der Waals surface area (Å²) >= 11 is 0. The molecule has 4 heteroatoms. The fourth-order valence-electron chi connectivity index (χ4n) is 1.70. The minimum Gasteiger partial charge on any atom is -0.479 e. The first-order valence-corrected chi connectivity index (χ1v) is 6.37. The molecule has 0 radical (unpaired) electrons. The largest absolute Gasteiger partial charge is 0.479 e. The lowest BCUT2D eigenvalue weighted by atomic mass is 9.99. The van der Waals surface area contributed by atoms with Crippen molar-refractivity contribution in [1.82, 2.24) is 0 Å². The first-order chi connectivity index (χ1) is 8.95. The summed E-state index contributed by atoms with van der Waals surface area (Å²) in [4.78, 5) is 9.68. The Morgan fingerprint density at radius 1 is 1.37 bits per heavy atom. The van der Waals surface area contributed by atoms with E-state index in [9.17, 15) is 4.79 Å². The van der Waals surface area contributed by atoms with Crippen LogP contribution in [-0.4, -0.2) is 22.3 Å². The molecule has 1 atom stereocenters. The number of aliphatic carboxylic acids is 1. The Labute approximate surface area is 113 Å². The molecule has 2 rings (SSSR count). The zero-order valence-corrected chi connectivity index (χ0v) is 11.6. The van der Waals surface area contributed by atoms with E-state index in [0.29, 0.717) is 0 Å². The van der Waals surface area contributed by atoms with E-state index in [1.165, 1.54) is 22.5 Å². The maximum atomic E-state index is 9.68. The summed E-state index contributed by atoms with van der Waals surface area (Å²) in [5.41, 5.74) is 5.41.